The second-order valence-corrected chi connectivity index (χ2v) is 7.21. The Morgan fingerprint density at radius 3 is 2.67 bits per heavy atom. The summed E-state index contributed by atoms with van der Waals surface area (Å²) in [4.78, 5) is 14.1. The SMILES string of the molecule is O=C(CSc1nnc(-c2ccccc2F)n1C1CC1)N1CCCC1. The number of carbonyl (C=O) groups is 1. The Bertz CT molecular complexity index is 753. The predicted molar refractivity (Wildman–Crippen MR) is 90.2 cm³/mol. The molecule has 1 amide bonds. The zero-order valence-corrected chi connectivity index (χ0v) is 14.1. The van der Waals surface area contributed by atoms with Gasteiger partial charge in [0.2, 0.25) is 5.91 Å². The molecule has 5 nitrogen and oxygen atoms in total. The third-order valence-electron chi connectivity index (χ3n) is 4.47. The highest BCUT2D eigenvalue weighted by Gasteiger charge is 2.31. The van der Waals surface area contributed by atoms with Crippen molar-refractivity contribution in [2.24, 2.45) is 0 Å². The molecular formula is C17H19FN4OS. The lowest BCUT2D eigenvalue weighted by atomic mass is 10.2. The Labute approximate surface area is 144 Å². The topological polar surface area (TPSA) is 51.0 Å². The van der Waals surface area contributed by atoms with Crippen molar-refractivity contribution in [2.45, 2.75) is 36.9 Å². The van der Waals surface area contributed by atoms with Crippen molar-refractivity contribution in [1.29, 1.82) is 0 Å². The van der Waals surface area contributed by atoms with E-state index in [9.17, 15) is 9.18 Å². The van der Waals surface area contributed by atoms with E-state index in [1.54, 1.807) is 18.2 Å². The molecule has 2 aliphatic rings. The van der Waals surface area contributed by atoms with Crippen molar-refractivity contribution >= 4 is 17.7 Å². The molecule has 24 heavy (non-hydrogen) atoms. The summed E-state index contributed by atoms with van der Waals surface area (Å²) in [5, 5.41) is 9.15. The maximum atomic E-state index is 14.1. The van der Waals surface area contributed by atoms with Gasteiger partial charge in [0.15, 0.2) is 11.0 Å². The smallest absolute Gasteiger partial charge is 0.233 e. The number of benzene rings is 1. The molecule has 1 aromatic heterocycles. The van der Waals surface area contributed by atoms with Gasteiger partial charge >= 0.3 is 0 Å². The van der Waals surface area contributed by atoms with E-state index in [4.69, 9.17) is 0 Å². The van der Waals surface area contributed by atoms with Gasteiger partial charge < -0.3 is 4.90 Å². The van der Waals surface area contributed by atoms with Gasteiger partial charge in [-0.05, 0) is 37.8 Å². The maximum absolute atomic E-state index is 14.1. The molecule has 7 heteroatoms. The minimum atomic E-state index is -0.295. The monoisotopic (exact) mass is 346 g/mol. The van der Waals surface area contributed by atoms with Crippen LogP contribution in [0, 0.1) is 5.82 Å². The number of rotatable bonds is 5. The third-order valence-corrected chi connectivity index (χ3v) is 5.40. The van der Waals surface area contributed by atoms with Crippen LogP contribution in [0.2, 0.25) is 0 Å². The number of nitrogens with zero attached hydrogens (tertiary/aromatic N) is 4. The van der Waals surface area contributed by atoms with Gasteiger partial charge in [-0.2, -0.15) is 0 Å². The Kier molecular flexibility index (Phi) is 4.26. The molecule has 0 unspecified atom stereocenters. The van der Waals surface area contributed by atoms with Crippen LogP contribution in [0.4, 0.5) is 4.39 Å². The molecule has 2 aromatic rings. The van der Waals surface area contributed by atoms with Crippen LogP contribution in [0.5, 0.6) is 0 Å². The normalized spacial score (nSPS) is 17.5. The highest BCUT2D eigenvalue weighted by molar-refractivity contribution is 7.99. The molecule has 126 valence electrons. The number of thioether (sulfide) groups is 1. The summed E-state index contributed by atoms with van der Waals surface area (Å²) in [5.41, 5.74) is 0.467. The van der Waals surface area contributed by atoms with Crippen LogP contribution in [0.3, 0.4) is 0 Å². The summed E-state index contributed by atoms with van der Waals surface area (Å²) < 4.78 is 16.1. The largest absolute Gasteiger partial charge is 0.342 e. The minimum Gasteiger partial charge on any atom is -0.342 e. The lowest BCUT2D eigenvalue weighted by Crippen LogP contribution is -2.29. The van der Waals surface area contributed by atoms with Crippen molar-refractivity contribution in [3.63, 3.8) is 0 Å². The summed E-state index contributed by atoms with van der Waals surface area (Å²) in [7, 11) is 0. The van der Waals surface area contributed by atoms with Gasteiger partial charge in [-0.25, -0.2) is 4.39 Å². The molecule has 1 aliphatic heterocycles. The fourth-order valence-electron chi connectivity index (χ4n) is 3.05. The number of halogens is 1. The van der Waals surface area contributed by atoms with E-state index in [2.05, 4.69) is 10.2 Å². The van der Waals surface area contributed by atoms with E-state index in [1.807, 2.05) is 9.47 Å². The molecule has 0 atom stereocenters. The van der Waals surface area contributed by atoms with Crippen LogP contribution in [0.15, 0.2) is 29.4 Å². The zero-order chi connectivity index (χ0) is 16.5. The average molecular weight is 346 g/mol. The molecule has 1 saturated heterocycles. The van der Waals surface area contributed by atoms with Gasteiger partial charge in [0.25, 0.3) is 0 Å². The summed E-state index contributed by atoms with van der Waals surface area (Å²) in [6.45, 7) is 1.71. The fraction of sp³-hybridized carbons (Fsp3) is 0.471. The Morgan fingerprint density at radius 1 is 1.21 bits per heavy atom. The Hall–Kier alpha value is -1.89. The summed E-state index contributed by atoms with van der Waals surface area (Å²) in [6.07, 6.45) is 4.28. The first-order valence-corrected chi connectivity index (χ1v) is 9.33. The molecule has 0 spiro atoms. The lowest BCUT2D eigenvalue weighted by molar-refractivity contribution is -0.127. The molecule has 1 aliphatic carbocycles. The third kappa shape index (κ3) is 3.05. The van der Waals surface area contributed by atoms with Crippen LogP contribution in [0.1, 0.15) is 31.7 Å². The van der Waals surface area contributed by atoms with Crippen molar-refractivity contribution < 1.29 is 9.18 Å². The standard InChI is InChI=1S/C17H19FN4OS/c18-14-6-2-1-5-13(14)16-19-20-17(22(16)12-7-8-12)24-11-15(23)21-9-3-4-10-21/h1-2,5-6,12H,3-4,7-11H2. The van der Waals surface area contributed by atoms with E-state index in [1.165, 1.54) is 17.8 Å². The molecule has 0 N–H and O–H groups in total. The molecule has 2 fully saturated rings. The van der Waals surface area contributed by atoms with E-state index in [0.29, 0.717) is 28.3 Å². The predicted octanol–water partition coefficient (Wildman–Crippen LogP) is 3.13. The molecule has 2 heterocycles. The Balaban J connectivity index is 1.56. The van der Waals surface area contributed by atoms with Crippen LogP contribution >= 0.6 is 11.8 Å². The number of likely N-dealkylation sites (tertiary alicyclic amines) is 1. The van der Waals surface area contributed by atoms with E-state index in [-0.39, 0.29) is 11.7 Å². The van der Waals surface area contributed by atoms with Gasteiger partial charge in [0.05, 0.1) is 11.3 Å². The highest BCUT2D eigenvalue weighted by atomic mass is 32.2. The second-order valence-electron chi connectivity index (χ2n) is 6.26. The maximum Gasteiger partial charge on any atom is 0.233 e. The number of hydrogen-bond donors (Lipinski definition) is 0. The lowest BCUT2D eigenvalue weighted by Gasteiger charge is -2.15. The molecule has 0 bridgehead atoms. The van der Waals surface area contributed by atoms with E-state index < -0.39 is 0 Å². The van der Waals surface area contributed by atoms with Crippen molar-refractivity contribution in [3.05, 3.63) is 30.1 Å². The first kappa shape index (κ1) is 15.6. The van der Waals surface area contributed by atoms with E-state index in [0.717, 1.165) is 38.8 Å². The second kappa shape index (κ2) is 6.55. The Morgan fingerprint density at radius 2 is 1.96 bits per heavy atom. The van der Waals surface area contributed by atoms with Crippen LogP contribution in [0.25, 0.3) is 11.4 Å². The molecule has 1 aromatic carbocycles. The van der Waals surface area contributed by atoms with Gasteiger partial charge in [0, 0.05) is 19.1 Å². The molecule has 0 radical (unpaired) electrons. The van der Waals surface area contributed by atoms with Gasteiger partial charge in [-0.1, -0.05) is 23.9 Å². The average Bonchev–Trinajstić information content (AvgIpc) is 3.12. The summed E-state index contributed by atoms with van der Waals surface area (Å²) in [5.74, 6) is 0.779. The van der Waals surface area contributed by atoms with Gasteiger partial charge in [0.1, 0.15) is 5.82 Å². The fourth-order valence-corrected chi connectivity index (χ4v) is 3.96. The van der Waals surface area contributed by atoms with Gasteiger partial charge in [-0.15, -0.1) is 10.2 Å². The number of carbonyl (C=O) groups excluding carboxylic acids is 1. The minimum absolute atomic E-state index is 0.148. The van der Waals surface area contributed by atoms with Crippen LogP contribution < -0.4 is 0 Å². The van der Waals surface area contributed by atoms with Crippen LogP contribution in [-0.4, -0.2) is 44.4 Å². The highest BCUT2D eigenvalue weighted by Crippen LogP contribution is 2.41. The zero-order valence-electron chi connectivity index (χ0n) is 13.3. The number of aromatic nitrogens is 3. The molecule has 1 saturated carbocycles. The molecule has 4 rings (SSSR count). The van der Waals surface area contributed by atoms with Crippen LogP contribution in [-0.2, 0) is 4.79 Å². The first-order chi connectivity index (χ1) is 11.7. The quantitative estimate of drug-likeness (QED) is 0.781. The van der Waals surface area contributed by atoms with E-state index >= 15 is 0 Å². The molecular weight excluding hydrogens is 327 g/mol. The van der Waals surface area contributed by atoms with Crippen molar-refractivity contribution in [3.8, 4) is 11.4 Å². The number of hydrogen-bond acceptors (Lipinski definition) is 4. The summed E-state index contributed by atoms with van der Waals surface area (Å²) >= 11 is 1.41. The first-order valence-electron chi connectivity index (χ1n) is 8.34. The van der Waals surface area contributed by atoms with Crippen molar-refractivity contribution in [1.82, 2.24) is 19.7 Å². The summed E-state index contributed by atoms with van der Waals surface area (Å²) in [6, 6.07) is 6.95. The number of amides is 1. The van der Waals surface area contributed by atoms with Crippen molar-refractivity contribution in [2.75, 3.05) is 18.8 Å². The van der Waals surface area contributed by atoms with Gasteiger partial charge in [-0.3, -0.25) is 9.36 Å².